The lowest BCUT2D eigenvalue weighted by molar-refractivity contribution is -0.146. The van der Waals surface area contributed by atoms with E-state index in [1.165, 1.54) is 4.90 Å². The van der Waals surface area contributed by atoms with Crippen molar-refractivity contribution in [3.05, 3.63) is 30.3 Å². The van der Waals surface area contributed by atoms with Crippen molar-refractivity contribution in [1.82, 2.24) is 0 Å². The molecule has 0 aliphatic carbocycles. The van der Waals surface area contributed by atoms with Gasteiger partial charge in [-0.15, -0.1) is 11.8 Å². The predicted molar refractivity (Wildman–Crippen MR) is 71.7 cm³/mol. The molecule has 0 aromatic heterocycles. The van der Waals surface area contributed by atoms with Crippen LogP contribution in [0.4, 0.5) is 0 Å². The van der Waals surface area contributed by atoms with Crippen LogP contribution in [0.3, 0.4) is 0 Å². The number of carbonyl (C=O) groups is 1. The maximum Gasteiger partial charge on any atom is 0.306 e. The topological polar surface area (TPSA) is 35.5 Å². The van der Waals surface area contributed by atoms with E-state index in [1.807, 2.05) is 30.3 Å². The number of hydrogen-bond acceptors (Lipinski definition) is 4. The summed E-state index contributed by atoms with van der Waals surface area (Å²) in [6.45, 7) is 1.21. The molecular weight excluding hydrogens is 248 g/mol. The van der Waals surface area contributed by atoms with Crippen molar-refractivity contribution in [1.29, 1.82) is 0 Å². The summed E-state index contributed by atoms with van der Waals surface area (Å²) in [6.07, 6.45) is 2.65. The number of carbonyl (C=O) groups excluding carboxylic acids is 1. The SMILES string of the molecule is O=C(CCSc1ccccc1)OCC1CCCO1. The van der Waals surface area contributed by atoms with Gasteiger partial charge in [0.05, 0.1) is 12.5 Å². The molecule has 0 saturated carbocycles. The lowest BCUT2D eigenvalue weighted by Crippen LogP contribution is -2.17. The maximum atomic E-state index is 11.5. The Morgan fingerprint density at radius 1 is 1.39 bits per heavy atom. The Kier molecular flexibility index (Phi) is 5.55. The molecule has 1 unspecified atom stereocenters. The van der Waals surface area contributed by atoms with Gasteiger partial charge in [-0.3, -0.25) is 4.79 Å². The average Bonchev–Trinajstić information content (AvgIpc) is 2.91. The summed E-state index contributed by atoms with van der Waals surface area (Å²) in [5.74, 6) is 0.628. The van der Waals surface area contributed by atoms with Crippen molar-refractivity contribution in [2.24, 2.45) is 0 Å². The maximum absolute atomic E-state index is 11.5. The molecule has 0 amide bonds. The molecule has 98 valence electrons. The third-order valence-corrected chi connectivity index (χ3v) is 3.79. The van der Waals surface area contributed by atoms with E-state index in [0.717, 1.165) is 25.2 Å². The molecule has 3 nitrogen and oxygen atoms in total. The summed E-state index contributed by atoms with van der Waals surface area (Å²) in [4.78, 5) is 12.7. The number of rotatable bonds is 6. The van der Waals surface area contributed by atoms with Crippen LogP contribution in [0.2, 0.25) is 0 Å². The van der Waals surface area contributed by atoms with Gasteiger partial charge in [-0.25, -0.2) is 0 Å². The zero-order chi connectivity index (χ0) is 12.6. The smallest absolute Gasteiger partial charge is 0.306 e. The highest BCUT2D eigenvalue weighted by molar-refractivity contribution is 7.99. The molecule has 1 aromatic carbocycles. The van der Waals surface area contributed by atoms with E-state index in [4.69, 9.17) is 9.47 Å². The van der Waals surface area contributed by atoms with Crippen molar-refractivity contribution in [2.45, 2.75) is 30.3 Å². The van der Waals surface area contributed by atoms with Crippen LogP contribution >= 0.6 is 11.8 Å². The van der Waals surface area contributed by atoms with Gasteiger partial charge in [-0.05, 0) is 25.0 Å². The largest absolute Gasteiger partial charge is 0.463 e. The lowest BCUT2D eigenvalue weighted by Gasteiger charge is -2.09. The van der Waals surface area contributed by atoms with Crippen LogP contribution in [-0.2, 0) is 14.3 Å². The predicted octanol–water partition coefficient (Wildman–Crippen LogP) is 2.89. The average molecular weight is 266 g/mol. The van der Waals surface area contributed by atoms with Gasteiger partial charge in [-0.1, -0.05) is 18.2 Å². The number of benzene rings is 1. The fourth-order valence-corrected chi connectivity index (χ4v) is 2.66. The Morgan fingerprint density at radius 2 is 2.22 bits per heavy atom. The van der Waals surface area contributed by atoms with Crippen LogP contribution in [0.25, 0.3) is 0 Å². The van der Waals surface area contributed by atoms with Crippen LogP contribution in [0, 0.1) is 0 Å². The van der Waals surface area contributed by atoms with Gasteiger partial charge in [0.25, 0.3) is 0 Å². The molecule has 1 aliphatic heterocycles. The third-order valence-electron chi connectivity index (χ3n) is 2.77. The van der Waals surface area contributed by atoms with E-state index in [9.17, 15) is 4.79 Å². The van der Waals surface area contributed by atoms with Gasteiger partial charge >= 0.3 is 5.97 Å². The van der Waals surface area contributed by atoms with Crippen LogP contribution in [0.1, 0.15) is 19.3 Å². The summed E-state index contributed by atoms with van der Waals surface area (Å²) >= 11 is 1.67. The summed E-state index contributed by atoms with van der Waals surface area (Å²) in [7, 11) is 0. The molecule has 4 heteroatoms. The van der Waals surface area contributed by atoms with Crippen molar-refractivity contribution >= 4 is 17.7 Å². The third kappa shape index (κ3) is 4.70. The molecule has 1 aromatic rings. The second-order valence-electron chi connectivity index (χ2n) is 4.23. The van der Waals surface area contributed by atoms with E-state index in [-0.39, 0.29) is 12.1 Å². The molecule has 18 heavy (non-hydrogen) atoms. The van der Waals surface area contributed by atoms with E-state index in [0.29, 0.717) is 13.0 Å². The number of ether oxygens (including phenoxy) is 2. The zero-order valence-corrected chi connectivity index (χ0v) is 11.2. The summed E-state index contributed by atoms with van der Waals surface area (Å²) in [5.41, 5.74) is 0. The monoisotopic (exact) mass is 266 g/mol. The van der Waals surface area contributed by atoms with Gasteiger partial charge < -0.3 is 9.47 Å². The quantitative estimate of drug-likeness (QED) is 0.586. The molecule has 1 aliphatic rings. The van der Waals surface area contributed by atoms with Gasteiger partial charge in [0, 0.05) is 17.3 Å². The summed E-state index contributed by atoms with van der Waals surface area (Å²) in [5, 5.41) is 0. The van der Waals surface area contributed by atoms with E-state index in [2.05, 4.69) is 0 Å². The minimum absolute atomic E-state index is 0.121. The Labute approximate surface area is 112 Å². The second-order valence-corrected chi connectivity index (χ2v) is 5.40. The lowest BCUT2D eigenvalue weighted by atomic mass is 10.2. The fraction of sp³-hybridized carbons (Fsp3) is 0.500. The standard InChI is InChI=1S/C14H18O3S/c15-14(17-11-12-5-4-9-16-12)8-10-18-13-6-2-1-3-7-13/h1-3,6-7,12H,4-5,8-11H2. The van der Waals surface area contributed by atoms with Crippen molar-refractivity contribution < 1.29 is 14.3 Å². The molecule has 0 bridgehead atoms. The molecule has 2 rings (SSSR count). The molecule has 1 heterocycles. The molecule has 1 atom stereocenters. The highest BCUT2D eigenvalue weighted by Gasteiger charge is 2.17. The first-order chi connectivity index (χ1) is 8.84. The van der Waals surface area contributed by atoms with Crippen molar-refractivity contribution in [3.8, 4) is 0 Å². The van der Waals surface area contributed by atoms with Crippen molar-refractivity contribution in [3.63, 3.8) is 0 Å². The summed E-state index contributed by atoms with van der Waals surface area (Å²) in [6, 6.07) is 10.1. The van der Waals surface area contributed by atoms with Gasteiger partial charge in [0.2, 0.25) is 0 Å². The Balaban J connectivity index is 1.57. The molecule has 1 saturated heterocycles. The first-order valence-electron chi connectivity index (χ1n) is 6.29. The highest BCUT2D eigenvalue weighted by atomic mass is 32.2. The highest BCUT2D eigenvalue weighted by Crippen LogP contribution is 2.18. The van der Waals surface area contributed by atoms with E-state index >= 15 is 0 Å². The first-order valence-corrected chi connectivity index (χ1v) is 7.28. The van der Waals surface area contributed by atoms with Crippen LogP contribution in [0.15, 0.2) is 35.2 Å². The molecule has 0 N–H and O–H groups in total. The molecule has 1 fully saturated rings. The number of hydrogen-bond donors (Lipinski definition) is 0. The van der Waals surface area contributed by atoms with E-state index in [1.54, 1.807) is 11.8 Å². The second kappa shape index (κ2) is 7.44. The van der Waals surface area contributed by atoms with Gasteiger partial charge in [0.1, 0.15) is 6.61 Å². The molecule has 0 spiro atoms. The Morgan fingerprint density at radius 3 is 2.94 bits per heavy atom. The normalized spacial score (nSPS) is 18.8. The minimum atomic E-state index is -0.131. The zero-order valence-electron chi connectivity index (χ0n) is 10.3. The van der Waals surface area contributed by atoms with Gasteiger partial charge in [0.15, 0.2) is 0 Å². The fourth-order valence-electron chi connectivity index (χ4n) is 1.80. The minimum Gasteiger partial charge on any atom is -0.463 e. The van der Waals surface area contributed by atoms with Gasteiger partial charge in [-0.2, -0.15) is 0 Å². The number of esters is 1. The van der Waals surface area contributed by atoms with Crippen LogP contribution < -0.4 is 0 Å². The van der Waals surface area contributed by atoms with Crippen LogP contribution in [-0.4, -0.2) is 31.0 Å². The Hall–Kier alpha value is -1.00. The van der Waals surface area contributed by atoms with E-state index < -0.39 is 0 Å². The van der Waals surface area contributed by atoms with Crippen molar-refractivity contribution in [2.75, 3.05) is 19.0 Å². The molecule has 0 radical (unpaired) electrons. The summed E-state index contributed by atoms with van der Waals surface area (Å²) < 4.78 is 10.6. The first kappa shape index (κ1) is 13.4. The number of thioether (sulfide) groups is 1. The Bertz CT molecular complexity index is 361. The van der Waals surface area contributed by atoms with Crippen LogP contribution in [0.5, 0.6) is 0 Å². The molecular formula is C14H18O3S.